The molecule has 0 saturated heterocycles. The van der Waals surface area contributed by atoms with Crippen LogP contribution in [0.1, 0.15) is 6.92 Å². The van der Waals surface area contributed by atoms with E-state index in [0.29, 0.717) is 5.56 Å². The van der Waals surface area contributed by atoms with Crippen molar-refractivity contribution < 1.29 is 29.3 Å². The number of hydrogen-bond donors (Lipinski definition) is 4. The summed E-state index contributed by atoms with van der Waals surface area (Å²) in [5.41, 5.74) is -0.0953. The zero-order chi connectivity index (χ0) is 18.8. The number of rotatable bonds is 3. The monoisotopic (exact) mass is 357 g/mol. The van der Waals surface area contributed by atoms with Gasteiger partial charge in [0, 0.05) is 29.8 Å². The molecule has 134 valence electrons. The molecule has 1 aromatic heterocycles. The third-order valence-electron chi connectivity index (χ3n) is 3.58. The van der Waals surface area contributed by atoms with Gasteiger partial charge < -0.3 is 24.5 Å². The summed E-state index contributed by atoms with van der Waals surface area (Å²) in [6, 6.07) is 7.45. The van der Waals surface area contributed by atoms with Crippen LogP contribution in [0.15, 0.2) is 45.6 Å². The first-order valence-electron chi connectivity index (χ1n) is 7.66. The Bertz CT molecular complexity index is 1060. The summed E-state index contributed by atoms with van der Waals surface area (Å²) in [5, 5.41) is 31.5. The molecule has 0 saturated carbocycles. The highest BCUT2D eigenvalue weighted by Gasteiger charge is 2.16. The number of carbonyl (C=O) groups is 1. The van der Waals surface area contributed by atoms with E-state index in [1.807, 2.05) is 0 Å². The Morgan fingerprint density at radius 1 is 1.12 bits per heavy atom. The highest BCUT2D eigenvalue weighted by molar-refractivity contribution is 5.92. The van der Waals surface area contributed by atoms with Crippen LogP contribution in [-0.4, -0.2) is 28.0 Å². The van der Waals surface area contributed by atoms with E-state index in [1.165, 1.54) is 24.3 Å². The topological polar surface area (TPSA) is 129 Å². The molecule has 3 rings (SSSR count). The van der Waals surface area contributed by atoms with Crippen molar-refractivity contribution in [1.82, 2.24) is 0 Å². The van der Waals surface area contributed by atoms with Crippen molar-refractivity contribution in [3.8, 4) is 28.6 Å². The highest BCUT2D eigenvalue weighted by atomic mass is 16.5. The van der Waals surface area contributed by atoms with Crippen LogP contribution in [0, 0.1) is 0 Å². The van der Waals surface area contributed by atoms with E-state index in [4.69, 9.17) is 9.15 Å². The number of benzene rings is 2. The maximum absolute atomic E-state index is 12.3. The molecule has 4 N–H and O–H groups in total. The van der Waals surface area contributed by atoms with E-state index in [2.05, 4.69) is 5.32 Å². The lowest BCUT2D eigenvalue weighted by molar-refractivity contribution is 0.168. The predicted molar refractivity (Wildman–Crippen MR) is 93.6 cm³/mol. The van der Waals surface area contributed by atoms with Gasteiger partial charge in [-0.3, -0.25) is 10.1 Å². The molecule has 0 aliphatic heterocycles. The standard InChI is InChI=1S/C18H15NO7/c1-2-25-18(24)19-12-5-9(20)3-4-11(12)15-8-14(23)17-13(22)6-10(21)7-16(17)26-15/h3-8,20-22H,2H2,1H3,(H,19,24). The Kier molecular flexibility index (Phi) is 4.40. The van der Waals surface area contributed by atoms with Gasteiger partial charge in [-0.1, -0.05) is 0 Å². The van der Waals surface area contributed by atoms with Gasteiger partial charge in [-0.2, -0.15) is 0 Å². The summed E-state index contributed by atoms with van der Waals surface area (Å²) in [4.78, 5) is 24.0. The van der Waals surface area contributed by atoms with Gasteiger partial charge >= 0.3 is 6.09 Å². The Morgan fingerprint density at radius 2 is 1.88 bits per heavy atom. The number of amides is 1. The average molecular weight is 357 g/mol. The van der Waals surface area contributed by atoms with Crippen LogP contribution in [0.5, 0.6) is 17.2 Å². The molecular formula is C18H15NO7. The molecule has 26 heavy (non-hydrogen) atoms. The molecule has 0 aliphatic rings. The lowest BCUT2D eigenvalue weighted by Gasteiger charge is -2.12. The van der Waals surface area contributed by atoms with Crippen molar-refractivity contribution in [1.29, 1.82) is 0 Å². The second kappa shape index (κ2) is 6.67. The second-order valence-corrected chi connectivity index (χ2v) is 5.39. The van der Waals surface area contributed by atoms with E-state index in [1.54, 1.807) is 6.92 Å². The predicted octanol–water partition coefficient (Wildman–Crippen LogP) is 3.15. The minimum atomic E-state index is -0.738. The van der Waals surface area contributed by atoms with Gasteiger partial charge in [-0.25, -0.2) is 4.79 Å². The molecule has 0 bridgehead atoms. The SMILES string of the molecule is CCOC(=O)Nc1cc(O)ccc1-c1cc(=O)c2c(O)cc(O)cc2o1. The summed E-state index contributed by atoms with van der Waals surface area (Å²) >= 11 is 0. The Balaban J connectivity index is 2.17. The largest absolute Gasteiger partial charge is 0.508 e. The van der Waals surface area contributed by atoms with Gasteiger partial charge in [0.1, 0.15) is 34.0 Å². The van der Waals surface area contributed by atoms with Crippen LogP contribution in [-0.2, 0) is 4.74 Å². The second-order valence-electron chi connectivity index (χ2n) is 5.39. The first-order valence-corrected chi connectivity index (χ1v) is 7.66. The van der Waals surface area contributed by atoms with E-state index in [-0.39, 0.29) is 40.5 Å². The van der Waals surface area contributed by atoms with E-state index >= 15 is 0 Å². The van der Waals surface area contributed by atoms with Crippen LogP contribution >= 0.6 is 0 Å². The van der Waals surface area contributed by atoms with Gasteiger partial charge in [-0.15, -0.1) is 0 Å². The number of nitrogens with one attached hydrogen (secondary N) is 1. The van der Waals surface area contributed by atoms with Crippen molar-refractivity contribution >= 4 is 22.7 Å². The zero-order valence-corrected chi connectivity index (χ0v) is 13.6. The lowest BCUT2D eigenvalue weighted by Crippen LogP contribution is -2.14. The Labute approximate surface area is 146 Å². The van der Waals surface area contributed by atoms with E-state index < -0.39 is 17.3 Å². The molecule has 0 aliphatic carbocycles. The molecule has 2 aromatic carbocycles. The normalized spacial score (nSPS) is 10.7. The van der Waals surface area contributed by atoms with E-state index in [0.717, 1.165) is 12.1 Å². The van der Waals surface area contributed by atoms with Gasteiger partial charge in [0.25, 0.3) is 0 Å². The molecule has 0 spiro atoms. The number of hydrogen-bond acceptors (Lipinski definition) is 7. The molecule has 8 heteroatoms. The average Bonchev–Trinajstić information content (AvgIpc) is 2.53. The fourth-order valence-corrected chi connectivity index (χ4v) is 2.51. The molecule has 1 amide bonds. The van der Waals surface area contributed by atoms with Crippen molar-refractivity contribution in [2.75, 3.05) is 11.9 Å². The first-order chi connectivity index (χ1) is 12.4. The minimum Gasteiger partial charge on any atom is -0.508 e. The Morgan fingerprint density at radius 3 is 2.62 bits per heavy atom. The third-order valence-corrected chi connectivity index (χ3v) is 3.58. The summed E-state index contributed by atoms with van der Waals surface area (Å²) < 4.78 is 10.4. The number of fused-ring (bicyclic) bond motifs is 1. The van der Waals surface area contributed by atoms with Gasteiger partial charge in [0.05, 0.1) is 12.3 Å². The van der Waals surface area contributed by atoms with Crippen LogP contribution in [0.2, 0.25) is 0 Å². The molecule has 0 fully saturated rings. The van der Waals surface area contributed by atoms with Crippen molar-refractivity contribution in [2.45, 2.75) is 6.92 Å². The lowest BCUT2D eigenvalue weighted by atomic mass is 10.1. The number of phenolic OH excluding ortho intramolecular Hbond substituents is 3. The molecule has 0 atom stereocenters. The fourth-order valence-electron chi connectivity index (χ4n) is 2.51. The highest BCUT2D eigenvalue weighted by Crippen LogP contribution is 2.34. The van der Waals surface area contributed by atoms with Crippen molar-refractivity contribution in [3.63, 3.8) is 0 Å². The zero-order valence-electron chi connectivity index (χ0n) is 13.6. The number of phenols is 3. The smallest absolute Gasteiger partial charge is 0.411 e. The first kappa shape index (κ1) is 17.2. The molecule has 0 radical (unpaired) electrons. The summed E-state index contributed by atoms with van der Waals surface area (Å²) in [5.74, 6) is -0.722. The number of carbonyl (C=O) groups excluding carboxylic acids is 1. The third kappa shape index (κ3) is 3.25. The number of ether oxygens (including phenoxy) is 1. The van der Waals surface area contributed by atoms with Gasteiger partial charge in [0.15, 0.2) is 5.43 Å². The number of aromatic hydroxyl groups is 3. The molecule has 0 unspecified atom stereocenters. The molecular weight excluding hydrogens is 342 g/mol. The molecule has 8 nitrogen and oxygen atoms in total. The van der Waals surface area contributed by atoms with Crippen LogP contribution in [0.4, 0.5) is 10.5 Å². The van der Waals surface area contributed by atoms with Crippen LogP contribution in [0.25, 0.3) is 22.3 Å². The van der Waals surface area contributed by atoms with Crippen molar-refractivity contribution in [3.05, 3.63) is 46.6 Å². The summed E-state index contributed by atoms with van der Waals surface area (Å²) in [6.07, 6.45) is -0.738. The minimum absolute atomic E-state index is 0.0276. The summed E-state index contributed by atoms with van der Waals surface area (Å²) in [7, 11) is 0. The quantitative estimate of drug-likeness (QED) is 0.566. The Hall–Kier alpha value is -3.68. The van der Waals surface area contributed by atoms with Crippen LogP contribution in [0.3, 0.4) is 0 Å². The molecule has 3 aromatic rings. The van der Waals surface area contributed by atoms with Crippen molar-refractivity contribution in [2.24, 2.45) is 0 Å². The maximum atomic E-state index is 12.3. The summed E-state index contributed by atoms with van der Waals surface area (Å²) in [6.45, 7) is 1.80. The maximum Gasteiger partial charge on any atom is 0.411 e. The number of anilines is 1. The van der Waals surface area contributed by atoms with Crippen LogP contribution < -0.4 is 10.7 Å². The molecule has 1 heterocycles. The fraction of sp³-hybridized carbons (Fsp3) is 0.111. The van der Waals surface area contributed by atoms with Gasteiger partial charge in [0.2, 0.25) is 0 Å². The van der Waals surface area contributed by atoms with E-state index in [9.17, 15) is 24.9 Å². The van der Waals surface area contributed by atoms with Gasteiger partial charge in [-0.05, 0) is 19.1 Å².